The van der Waals surface area contributed by atoms with E-state index in [1.807, 2.05) is 48.5 Å². The molecule has 3 rings (SSSR count). The molecule has 3 aromatic rings. The summed E-state index contributed by atoms with van der Waals surface area (Å²) in [5.74, 6) is 1.09. The smallest absolute Gasteiger partial charge is 0.257 e. The third kappa shape index (κ3) is 4.67. The van der Waals surface area contributed by atoms with E-state index in [0.29, 0.717) is 18.4 Å². The topological polar surface area (TPSA) is 55.6 Å². The summed E-state index contributed by atoms with van der Waals surface area (Å²) in [4.78, 5) is 18.4. The Kier molecular flexibility index (Phi) is 5.96. The zero-order valence-electron chi connectivity index (χ0n) is 14.6. The van der Waals surface area contributed by atoms with Crippen molar-refractivity contribution in [2.24, 2.45) is 0 Å². The van der Waals surface area contributed by atoms with Crippen LogP contribution in [0.25, 0.3) is 11.1 Å². The van der Waals surface area contributed by atoms with Crippen LogP contribution in [0.15, 0.2) is 70.8 Å². The van der Waals surface area contributed by atoms with Crippen molar-refractivity contribution in [1.82, 2.24) is 9.88 Å². The number of rotatable bonds is 8. The summed E-state index contributed by atoms with van der Waals surface area (Å²) >= 11 is 1.31. The van der Waals surface area contributed by atoms with E-state index in [-0.39, 0.29) is 11.7 Å². The van der Waals surface area contributed by atoms with Crippen molar-refractivity contribution in [3.63, 3.8) is 0 Å². The highest BCUT2D eigenvalue weighted by atomic mass is 32.2. The van der Waals surface area contributed by atoms with Crippen LogP contribution in [0.2, 0.25) is 0 Å². The Labute approximate surface area is 156 Å². The van der Waals surface area contributed by atoms with Crippen LogP contribution in [0.5, 0.6) is 5.75 Å². The molecule has 0 radical (unpaired) electrons. The first-order chi connectivity index (χ1) is 12.7. The van der Waals surface area contributed by atoms with E-state index < -0.39 is 0 Å². The van der Waals surface area contributed by atoms with Crippen LogP contribution >= 0.6 is 11.8 Å². The first-order valence-electron chi connectivity index (χ1n) is 8.20. The van der Waals surface area contributed by atoms with Gasteiger partial charge in [-0.1, -0.05) is 48.7 Å². The molecule has 0 saturated carbocycles. The Morgan fingerprint density at radius 2 is 2.04 bits per heavy atom. The molecule has 0 fully saturated rings. The van der Waals surface area contributed by atoms with Crippen LogP contribution in [-0.4, -0.2) is 35.2 Å². The van der Waals surface area contributed by atoms with Crippen LogP contribution in [0, 0.1) is 0 Å². The molecule has 26 heavy (non-hydrogen) atoms. The number of ether oxygens (including phenoxy) is 1. The lowest BCUT2D eigenvalue weighted by molar-refractivity contribution is -0.127. The average molecular weight is 368 g/mol. The average Bonchev–Trinajstić information content (AvgIpc) is 3.08. The Bertz CT molecular complexity index is 856. The third-order valence-electron chi connectivity index (χ3n) is 3.73. The number of thioether (sulfide) groups is 1. The molecular weight excluding hydrogens is 348 g/mol. The van der Waals surface area contributed by atoms with E-state index in [9.17, 15) is 4.79 Å². The quantitative estimate of drug-likeness (QED) is 0.442. The zero-order valence-corrected chi connectivity index (χ0v) is 15.4. The van der Waals surface area contributed by atoms with Crippen molar-refractivity contribution in [2.45, 2.75) is 11.8 Å². The number of para-hydroxylation sites is 2. The first kappa shape index (κ1) is 18.1. The van der Waals surface area contributed by atoms with Crippen LogP contribution < -0.4 is 4.74 Å². The molecule has 1 aromatic heterocycles. The summed E-state index contributed by atoms with van der Waals surface area (Å²) in [5, 5.41) is 0.511. The molecule has 0 bridgehead atoms. The SMILES string of the molecule is C=CCOc1ccc(CN(C)C(=O)CSc2nc3ccccc3o2)cc1. The van der Waals surface area contributed by atoms with Gasteiger partial charge >= 0.3 is 0 Å². The lowest BCUT2D eigenvalue weighted by Gasteiger charge is -2.17. The third-order valence-corrected chi connectivity index (χ3v) is 4.54. The fourth-order valence-electron chi connectivity index (χ4n) is 2.35. The van der Waals surface area contributed by atoms with Gasteiger partial charge in [-0.05, 0) is 29.8 Å². The second kappa shape index (κ2) is 8.58. The van der Waals surface area contributed by atoms with Gasteiger partial charge in [-0.15, -0.1) is 0 Å². The van der Waals surface area contributed by atoms with Gasteiger partial charge in [-0.25, -0.2) is 4.98 Å². The number of benzene rings is 2. The van der Waals surface area contributed by atoms with Gasteiger partial charge in [0, 0.05) is 13.6 Å². The Hall–Kier alpha value is -2.73. The molecule has 0 unspecified atom stereocenters. The highest BCUT2D eigenvalue weighted by molar-refractivity contribution is 7.99. The van der Waals surface area contributed by atoms with Gasteiger partial charge in [0.1, 0.15) is 17.9 Å². The fourth-order valence-corrected chi connectivity index (χ4v) is 3.13. The molecule has 0 aliphatic heterocycles. The molecule has 2 aromatic carbocycles. The van der Waals surface area contributed by atoms with Crippen molar-refractivity contribution in [2.75, 3.05) is 19.4 Å². The van der Waals surface area contributed by atoms with Crippen molar-refractivity contribution in [3.05, 3.63) is 66.7 Å². The highest BCUT2D eigenvalue weighted by Gasteiger charge is 2.13. The summed E-state index contributed by atoms with van der Waals surface area (Å²) in [6, 6.07) is 15.3. The van der Waals surface area contributed by atoms with E-state index in [1.54, 1.807) is 18.0 Å². The Morgan fingerprint density at radius 1 is 1.27 bits per heavy atom. The minimum absolute atomic E-state index is 0.0178. The maximum absolute atomic E-state index is 12.3. The van der Waals surface area contributed by atoms with E-state index in [0.717, 1.165) is 22.4 Å². The lowest BCUT2D eigenvalue weighted by atomic mass is 10.2. The number of oxazole rings is 1. The number of fused-ring (bicyclic) bond motifs is 1. The molecule has 6 heteroatoms. The van der Waals surface area contributed by atoms with E-state index in [4.69, 9.17) is 9.15 Å². The maximum atomic E-state index is 12.3. The van der Waals surface area contributed by atoms with Crippen molar-refractivity contribution in [3.8, 4) is 5.75 Å². The second-order valence-corrected chi connectivity index (χ2v) is 6.66. The lowest BCUT2D eigenvalue weighted by Crippen LogP contribution is -2.27. The van der Waals surface area contributed by atoms with Crippen molar-refractivity contribution < 1.29 is 13.9 Å². The van der Waals surface area contributed by atoms with Crippen LogP contribution in [0.4, 0.5) is 0 Å². The normalized spacial score (nSPS) is 10.7. The van der Waals surface area contributed by atoms with Gasteiger partial charge in [0.05, 0.1) is 5.75 Å². The number of nitrogens with zero attached hydrogens (tertiary/aromatic N) is 2. The molecule has 0 spiro atoms. The molecule has 1 amide bonds. The number of hydrogen-bond donors (Lipinski definition) is 0. The van der Waals surface area contributed by atoms with Gasteiger partial charge in [0.25, 0.3) is 5.22 Å². The molecule has 0 saturated heterocycles. The summed E-state index contributed by atoms with van der Waals surface area (Å²) in [6.45, 7) is 4.63. The maximum Gasteiger partial charge on any atom is 0.257 e. The van der Waals surface area contributed by atoms with E-state index >= 15 is 0 Å². The van der Waals surface area contributed by atoms with Crippen molar-refractivity contribution >= 4 is 28.8 Å². The molecular formula is C20H20N2O3S. The number of carbonyl (C=O) groups is 1. The number of amides is 1. The molecule has 1 heterocycles. The fraction of sp³-hybridized carbons (Fsp3) is 0.200. The number of aromatic nitrogens is 1. The zero-order chi connectivity index (χ0) is 18.4. The van der Waals surface area contributed by atoms with Gasteiger partial charge < -0.3 is 14.1 Å². The minimum atomic E-state index is 0.0178. The monoisotopic (exact) mass is 368 g/mol. The summed E-state index contributed by atoms with van der Waals surface area (Å²) < 4.78 is 11.1. The van der Waals surface area contributed by atoms with Crippen molar-refractivity contribution in [1.29, 1.82) is 0 Å². The van der Waals surface area contributed by atoms with Crippen LogP contribution in [0.1, 0.15) is 5.56 Å². The van der Waals surface area contributed by atoms with Gasteiger partial charge in [-0.2, -0.15) is 0 Å². The van der Waals surface area contributed by atoms with Crippen LogP contribution in [0.3, 0.4) is 0 Å². The molecule has 5 nitrogen and oxygen atoms in total. The minimum Gasteiger partial charge on any atom is -0.490 e. The van der Waals surface area contributed by atoms with Gasteiger partial charge in [0.15, 0.2) is 5.58 Å². The standard InChI is InChI=1S/C20H20N2O3S/c1-3-12-24-16-10-8-15(9-11-16)13-22(2)19(23)14-26-20-21-17-6-4-5-7-18(17)25-20/h3-11H,1,12-14H2,2H3. The Balaban J connectivity index is 1.51. The van der Waals surface area contributed by atoms with Crippen LogP contribution in [-0.2, 0) is 11.3 Å². The predicted octanol–water partition coefficient (Wildman–Crippen LogP) is 4.14. The number of hydrogen-bond acceptors (Lipinski definition) is 5. The molecule has 0 N–H and O–H groups in total. The largest absolute Gasteiger partial charge is 0.490 e. The summed E-state index contributed by atoms with van der Waals surface area (Å²) in [7, 11) is 1.79. The Morgan fingerprint density at radius 3 is 2.77 bits per heavy atom. The van der Waals surface area contributed by atoms with E-state index in [2.05, 4.69) is 11.6 Å². The molecule has 134 valence electrons. The highest BCUT2D eigenvalue weighted by Crippen LogP contribution is 2.23. The molecule has 0 aliphatic carbocycles. The second-order valence-electron chi connectivity index (χ2n) is 5.73. The summed E-state index contributed by atoms with van der Waals surface area (Å²) in [5.41, 5.74) is 2.57. The summed E-state index contributed by atoms with van der Waals surface area (Å²) in [6.07, 6.45) is 1.70. The molecule has 0 aliphatic rings. The van der Waals surface area contributed by atoms with E-state index in [1.165, 1.54) is 11.8 Å². The molecule has 0 atom stereocenters. The predicted molar refractivity (Wildman–Crippen MR) is 103 cm³/mol. The van der Waals surface area contributed by atoms with Gasteiger partial charge in [0.2, 0.25) is 5.91 Å². The van der Waals surface area contributed by atoms with Gasteiger partial charge in [-0.3, -0.25) is 4.79 Å². The number of carbonyl (C=O) groups excluding carboxylic acids is 1. The first-order valence-corrected chi connectivity index (χ1v) is 9.19.